The molecule has 0 aliphatic carbocycles. The molecule has 12 nitrogen and oxygen atoms in total. The fraction of sp³-hybridized carbons (Fsp3) is 0.533. The zero-order valence-electron chi connectivity index (χ0n) is 24.7. The quantitative estimate of drug-likeness (QED) is 0.130. The molecule has 230 valence electrons. The van der Waals surface area contributed by atoms with Crippen molar-refractivity contribution in [3.05, 3.63) is 42.0 Å². The van der Waals surface area contributed by atoms with Crippen molar-refractivity contribution in [2.75, 3.05) is 18.4 Å². The van der Waals surface area contributed by atoms with Gasteiger partial charge < -0.3 is 27.0 Å². The number of imide groups is 1. The van der Waals surface area contributed by atoms with Gasteiger partial charge in [0.15, 0.2) is 0 Å². The van der Waals surface area contributed by atoms with Crippen LogP contribution in [0.1, 0.15) is 71.3 Å². The number of unbranched alkanes of at least 4 members (excludes halogenated alkanes) is 2. The van der Waals surface area contributed by atoms with Gasteiger partial charge in [0.1, 0.15) is 12.1 Å². The second-order valence-electron chi connectivity index (χ2n) is 10.7. The van der Waals surface area contributed by atoms with Crippen LogP contribution in [-0.4, -0.2) is 65.6 Å². The van der Waals surface area contributed by atoms with Crippen molar-refractivity contribution in [1.29, 1.82) is 0 Å². The molecule has 42 heavy (non-hydrogen) atoms. The van der Waals surface area contributed by atoms with Gasteiger partial charge in [-0.3, -0.25) is 28.9 Å². The molecule has 0 fully saturated rings. The summed E-state index contributed by atoms with van der Waals surface area (Å²) in [6, 6.07) is 5.05. The van der Waals surface area contributed by atoms with E-state index < -0.39 is 29.9 Å². The van der Waals surface area contributed by atoms with Gasteiger partial charge >= 0.3 is 6.03 Å². The topological polar surface area (TPSA) is 180 Å². The van der Waals surface area contributed by atoms with Crippen molar-refractivity contribution < 1.29 is 28.8 Å². The summed E-state index contributed by atoms with van der Waals surface area (Å²) in [5.41, 5.74) is 6.88. The Morgan fingerprint density at radius 3 is 2.14 bits per heavy atom. The zero-order chi connectivity index (χ0) is 31.1. The summed E-state index contributed by atoms with van der Waals surface area (Å²) in [7, 11) is 0. The van der Waals surface area contributed by atoms with Crippen molar-refractivity contribution in [2.24, 2.45) is 11.7 Å². The van der Waals surface area contributed by atoms with E-state index in [1.807, 2.05) is 24.3 Å². The number of nitrogens with one attached hydrogen (secondary N) is 4. The van der Waals surface area contributed by atoms with Crippen molar-refractivity contribution in [1.82, 2.24) is 20.9 Å². The minimum absolute atomic E-state index is 0.174. The fourth-order valence-electron chi connectivity index (χ4n) is 4.49. The van der Waals surface area contributed by atoms with Crippen LogP contribution in [0.25, 0.3) is 0 Å². The van der Waals surface area contributed by atoms with E-state index in [-0.39, 0.29) is 43.0 Å². The molecule has 2 rings (SSSR count). The third-order valence-electron chi connectivity index (χ3n) is 6.81. The van der Waals surface area contributed by atoms with E-state index in [0.717, 1.165) is 23.3 Å². The van der Waals surface area contributed by atoms with E-state index in [1.165, 1.54) is 12.2 Å². The third kappa shape index (κ3) is 11.7. The van der Waals surface area contributed by atoms with Gasteiger partial charge in [0, 0.05) is 37.3 Å². The average molecular weight is 585 g/mol. The molecule has 0 saturated heterocycles. The molecule has 1 aliphatic rings. The van der Waals surface area contributed by atoms with E-state index in [1.54, 1.807) is 13.8 Å². The van der Waals surface area contributed by atoms with Crippen molar-refractivity contribution in [2.45, 2.75) is 84.2 Å². The van der Waals surface area contributed by atoms with Crippen LogP contribution in [0.2, 0.25) is 0 Å². The molecule has 1 aliphatic heterocycles. The van der Waals surface area contributed by atoms with E-state index >= 15 is 0 Å². The highest BCUT2D eigenvalue weighted by Gasteiger charge is 2.29. The van der Waals surface area contributed by atoms with Gasteiger partial charge in [-0.25, -0.2) is 4.79 Å². The average Bonchev–Trinajstić information content (AvgIpc) is 3.26. The summed E-state index contributed by atoms with van der Waals surface area (Å²) in [6.07, 6.45) is 6.95. The number of nitrogens with zero attached hydrogens (tertiary/aromatic N) is 1. The number of nitrogens with two attached hydrogens (primary N) is 1. The summed E-state index contributed by atoms with van der Waals surface area (Å²) in [6.45, 7) is 6.22. The monoisotopic (exact) mass is 584 g/mol. The molecular weight excluding hydrogens is 540 g/mol. The van der Waals surface area contributed by atoms with E-state index in [9.17, 15) is 28.8 Å². The Balaban J connectivity index is 1.92. The van der Waals surface area contributed by atoms with Crippen LogP contribution in [0.3, 0.4) is 0 Å². The fourth-order valence-corrected chi connectivity index (χ4v) is 4.49. The molecule has 0 spiro atoms. The smallest absolute Gasteiger partial charge is 0.312 e. The maximum atomic E-state index is 13.3. The highest BCUT2D eigenvalue weighted by molar-refractivity contribution is 6.12. The molecule has 0 bridgehead atoms. The Bertz CT molecular complexity index is 1120. The summed E-state index contributed by atoms with van der Waals surface area (Å²) in [5, 5.41) is 10.9. The first-order chi connectivity index (χ1) is 20.0. The van der Waals surface area contributed by atoms with Crippen LogP contribution >= 0.6 is 0 Å². The van der Waals surface area contributed by atoms with Gasteiger partial charge in [0.2, 0.25) is 17.7 Å². The number of anilines is 1. The maximum absolute atomic E-state index is 13.3. The first kappa shape index (κ1) is 34.0. The van der Waals surface area contributed by atoms with Gasteiger partial charge in [-0.2, -0.15) is 0 Å². The zero-order valence-corrected chi connectivity index (χ0v) is 24.7. The van der Waals surface area contributed by atoms with Crippen LogP contribution in [0.15, 0.2) is 36.4 Å². The molecule has 12 heteroatoms. The SMILES string of the molecule is CCCc1ccc(NC(=O)C(CCCNC(N)=O)NC(=O)C(NC(=O)CCCCCN2C(=O)C=CC2=O)C(C)C)cc1. The predicted molar refractivity (Wildman–Crippen MR) is 159 cm³/mol. The van der Waals surface area contributed by atoms with Gasteiger partial charge in [-0.05, 0) is 55.7 Å². The lowest BCUT2D eigenvalue weighted by atomic mass is 10.0. The number of aryl methyl sites for hydroxylation is 1. The summed E-state index contributed by atoms with van der Waals surface area (Å²) in [5.74, 6) is -2.12. The molecule has 2 atom stereocenters. The van der Waals surface area contributed by atoms with Gasteiger partial charge in [-0.1, -0.05) is 45.7 Å². The highest BCUT2D eigenvalue weighted by Crippen LogP contribution is 2.13. The second-order valence-corrected chi connectivity index (χ2v) is 10.7. The Morgan fingerprint density at radius 1 is 0.881 bits per heavy atom. The summed E-state index contributed by atoms with van der Waals surface area (Å²) < 4.78 is 0. The number of rotatable bonds is 18. The molecule has 1 aromatic carbocycles. The lowest BCUT2D eigenvalue weighted by Crippen LogP contribution is -2.54. The Hall–Kier alpha value is -4.22. The third-order valence-corrected chi connectivity index (χ3v) is 6.81. The number of primary amides is 1. The van der Waals surface area contributed by atoms with Crippen molar-refractivity contribution in [3.8, 4) is 0 Å². The number of hydrogen-bond acceptors (Lipinski definition) is 6. The largest absolute Gasteiger partial charge is 0.352 e. The molecule has 0 saturated carbocycles. The van der Waals surface area contributed by atoms with Gasteiger partial charge in [-0.15, -0.1) is 0 Å². The summed E-state index contributed by atoms with van der Waals surface area (Å²) in [4.78, 5) is 74.5. The Kier molecular flexibility index (Phi) is 14.2. The van der Waals surface area contributed by atoms with Crippen LogP contribution in [0, 0.1) is 5.92 Å². The maximum Gasteiger partial charge on any atom is 0.312 e. The minimum atomic E-state index is -0.911. The summed E-state index contributed by atoms with van der Waals surface area (Å²) >= 11 is 0. The number of amides is 7. The first-order valence-electron chi connectivity index (χ1n) is 14.6. The van der Waals surface area contributed by atoms with E-state index in [2.05, 4.69) is 28.2 Å². The normalized spacial score (nSPS) is 14.0. The van der Waals surface area contributed by atoms with E-state index in [4.69, 9.17) is 5.73 Å². The van der Waals surface area contributed by atoms with Gasteiger partial charge in [0.05, 0.1) is 0 Å². The van der Waals surface area contributed by atoms with Crippen LogP contribution in [0.5, 0.6) is 0 Å². The lowest BCUT2D eigenvalue weighted by molar-refractivity contribution is -0.137. The van der Waals surface area contributed by atoms with Crippen LogP contribution in [-0.2, 0) is 30.4 Å². The molecule has 1 aromatic rings. The number of hydrogen-bond donors (Lipinski definition) is 5. The molecule has 6 N–H and O–H groups in total. The first-order valence-corrected chi connectivity index (χ1v) is 14.6. The molecule has 2 unspecified atom stereocenters. The molecule has 0 aromatic heterocycles. The van der Waals surface area contributed by atoms with E-state index in [0.29, 0.717) is 37.9 Å². The lowest BCUT2D eigenvalue weighted by Gasteiger charge is -2.25. The van der Waals surface area contributed by atoms with Crippen molar-refractivity contribution >= 4 is 41.3 Å². The number of carbonyl (C=O) groups is 6. The van der Waals surface area contributed by atoms with Gasteiger partial charge in [0.25, 0.3) is 11.8 Å². The number of benzene rings is 1. The number of urea groups is 1. The Morgan fingerprint density at radius 2 is 1.55 bits per heavy atom. The predicted octanol–water partition coefficient (Wildman–Crippen LogP) is 2.14. The minimum Gasteiger partial charge on any atom is -0.352 e. The van der Waals surface area contributed by atoms with Crippen molar-refractivity contribution in [3.63, 3.8) is 0 Å². The van der Waals surface area contributed by atoms with Crippen LogP contribution < -0.4 is 27.0 Å². The standard InChI is InChI=1S/C30H44N6O6/c1-4-9-21-12-14-22(15-13-21)33-28(40)23(10-8-18-32-30(31)42)34-29(41)27(20(2)3)35-24(37)11-6-5-7-19-36-25(38)16-17-26(36)39/h12-17,20,23,27H,4-11,18-19H2,1-3H3,(H,33,40)(H,34,41)(H,35,37)(H3,31,32,42). The second kappa shape index (κ2) is 17.6. The molecule has 1 heterocycles. The number of carbonyl (C=O) groups excluding carboxylic acids is 6. The molecule has 0 radical (unpaired) electrons. The molecular formula is C30H44N6O6. The molecule has 7 amide bonds. The highest BCUT2D eigenvalue weighted by atomic mass is 16.2. The van der Waals surface area contributed by atoms with Crippen LogP contribution in [0.4, 0.5) is 10.5 Å². The Labute approximate surface area is 247 Å².